The summed E-state index contributed by atoms with van der Waals surface area (Å²) in [4.78, 5) is 12.0. The molecule has 1 aromatic carbocycles. The molecule has 0 amide bonds. The fourth-order valence-electron chi connectivity index (χ4n) is 2.83. The van der Waals surface area contributed by atoms with E-state index in [-0.39, 0.29) is 18.4 Å². The zero-order valence-corrected chi connectivity index (χ0v) is 17.0. The summed E-state index contributed by atoms with van der Waals surface area (Å²) in [7, 11) is 0. The number of carbonyl (C=O) groups excluding carboxylic acids is 1. The minimum Gasteiger partial charge on any atom is -0.465 e. The van der Waals surface area contributed by atoms with Crippen molar-refractivity contribution in [3.8, 4) is 5.75 Å². The van der Waals surface area contributed by atoms with E-state index >= 15 is 0 Å². The molecule has 0 aliphatic rings. The Labute approximate surface area is 159 Å². The Morgan fingerprint density at radius 3 is 2.15 bits per heavy atom. The van der Waals surface area contributed by atoms with Crippen LogP contribution in [0, 0.1) is 0 Å². The van der Waals surface area contributed by atoms with E-state index in [0.717, 1.165) is 24.2 Å². The predicted octanol–water partition coefficient (Wildman–Crippen LogP) is 6.19. The lowest BCUT2D eigenvalue weighted by molar-refractivity contribution is -0.148. The SMILES string of the molecule is CCCCCCCCCC(=O)OC(C)c1ccc(OC(C)OCC)cc1. The van der Waals surface area contributed by atoms with E-state index < -0.39 is 0 Å². The van der Waals surface area contributed by atoms with E-state index in [4.69, 9.17) is 14.2 Å². The zero-order chi connectivity index (χ0) is 19.2. The molecule has 0 bridgehead atoms. The molecule has 4 nitrogen and oxygen atoms in total. The van der Waals surface area contributed by atoms with Gasteiger partial charge in [-0.15, -0.1) is 0 Å². The number of benzene rings is 1. The first kappa shape index (κ1) is 22.5. The van der Waals surface area contributed by atoms with Crippen molar-refractivity contribution in [2.24, 2.45) is 0 Å². The molecule has 0 aromatic heterocycles. The smallest absolute Gasteiger partial charge is 0.306 e. The van der Waals surface area contributed by atoms with Crippen LogP contribution in [-0.4, -0.2) is 18.9 Å². The van der Waals surface area contributed by atoms with Crippen LogP contribution in [0.15, 0.2) is 24.3 Å². The molecule has 0 fully saturated rings. The van der Waals surface area contributed by atoms with Crippen molar-refractivity contribution in [1.29, 1.82) is 0 Å². The molecule has 0 N–H and O–H groups in total. The summed E-state index contributed by atoms with van der Waals surface area (Å²) >= 11 is 0. The molecule has 2 unspecified atom stereocenters. The van der Waals surface area contributed by atoms with Gasteiger partial charge in [-0.2, -0.15) is 0 Å². The monoisotopic (exact) mass is 364 g/mol. The number of carbonyl (C=O) groups is 1. The van der Waals surface area contributed by atoms with E-state index in [9.17, 15) is 4.79 Å². The minimum absolute atomic E-state index is 0.114. The molecule has 0 saturated carbocycles. The fraction of sp³-hybridized carbons (Fsp3) is 0.682. The highest BCUT2D eigenvalue weighted by Crippen LogP contribution is 2.22. The Bertz CT molecular complexity index is 483. The lowest BCUT2D eigenvalue weighted by atomic mass is 10.1. The van der Waals surface area contributed by atoms with Crippen LogP contribution >= 0.6 is 0 Å². The van der Waals surface area contributed by atoms with Crippen LogP contribution in [0.2, 0.25) is 0 Å². The number of unbranched alkanes of at least 4 members (excludes halogenated alkanes) is 6. The summed E-state index contributed by atoms with van der Waals surface area (Å²) in [5, 5.41) is 0. The van der Waals surface area contributed by atoms with Gasteiger partial charge in [0, 0.05) is 13.0 Å². The van der Waals surface area contributed by atoms with Gasteiger partial charge in [-0.1, -0.05) is 57.6 Å². The summed E-state index contributed by atoms with van der Waals surface area (Å²) in [6, 6.07) is 7.62. The molecule has 0 heterocycles. The largest absolute Gasteiger partial charge is 0.465 e. The highest BCUT2D eigenvalue weighted by molar-refractivity contribution is 5.69. The van der Waals surface area contributed by atoms with Gasteiger partial charge in [0.05, 0.1) is 0 Å². The van der Waals surface area contributed by atoms with Gasteiger partial charge in [0.1, 0.15) is 11.9 Å². The summed E-state index contributed by atoms with van der Waals surface area (Å²) < 4.78 is 16.5. The van der Waals surface area contributed by atoms with Crippen molar-refractivity contribution in [2.75, 3.05) is 6.61 Å². The van der Waals surface area contributed by atoms with Gasteiger partial charge in [0.2, 0.25) is 0 Å². The average molecular weight is 365 g/mol. The van der Waals surface area contributed by atoms with Crippen molar-refractivity contribution < 1.29 is 19.0 Å². The molecule has 26 heavy (non-hydrogen) atoms. The first-order chi connectivity index (χ1) is 12.6. The predicted molar refractivity (Wildman–Crippen MR) is 105 cm³/mol. The molecular formula is C22H36O4. The quantitative estimate of drug-likeness (QED) is 0.224. The summed E-state index contributed by atoms with van der Waals surface area (Å²) in [5.41, 5.74) is 0.967. The molecule has 1 aromatic rings. The van der Waals surface area contributed by atoms with E-state index in [1.165, 1.54) is 32.1 Å². The van der Waals surface area contributed by atoms with Crippen LogP contribution in [0.5, 0.6) is 5.75 Å². The molecule has 4 heteroatoms. The Balaban J connectivity index is 2.26. The summed E-state index contributed by atoms with van der Waals surface area (Å²) in [5.74, 6) is 0.632. The van der Waals surface area contributed by atoms with Crippen LogP contribution in [0.3, 0.4) is 0 Å². The third-order valence-electron chi connectivity index (χ3n) is 4.35. The molecule has 2 atom stereocenters. The summed E-state index contributed by atoms with van der Waals surface area (Å²) in [6.45, 7) is 8.54. The van der Waals surface area contributed by atoms with E-state index in [2.05, 4.69) is 6.92 Å². The molecule has 1 rings (SSSR count). The topological polar surface area (TPSA) is 44.8 Å². The van der Waals surface area contributed by atoms with Gasteiger partial charge in [0.15, 0.2) is 6.29 Å². The maximum atomic E-state index is 12.0. The average Bonchev–Trinajstić information content (AvgIpc) is 2.61. The van der Waals surface area contributed by atoms with Gasteiger partial charge in [0.25, 0.3) is 0 Å². The molecule has 0 aliphatic heterocycles. The maximum Gasteiger partial charge on any atom is 0.306 e. The van der Waals surface area contributed by atoms with E-state index in [0.29, 0.717) is 13.0 Å². The Morgan fingerprint density at radius 2 is 1.54 bits per heavy atom. The van der Waals surface area contributed by atoms with Gasteiger partial charge in [-0.25, -0.2) is 0 Å². The highest BCUT2D eigenvalue weighted by Gasteiger charge is 2.12. The van der Waals surface area contributed by atoms with Gasteiger partial charge >= 0.3 is 5.97 Å². The third kappa shape index (κ3) is 9.81. The van der Waals surface area contributed by atoms with Gasteiger partial charge < -0.3 is 14.2 Å². The minimum atomic E-state index is -0.275. The Kier molecular flexibility index (Phi) is 11.8. The number of ether oxygens (including phenoxy) is 3. The lowest BCUT2D eigenvalue weighted by Crippen LogP contribution is -2.16. The molecule has 0 radical (unpaired) electrons. The molecule has 0 spiro atoms. The maximum absolute atomic E-state index is 12.0. The number of hydrogen-bond donors (Lipinski definition) is 0. The van der Waals surface area contributed by atoms with Crippen LogP contribution in [0.4, 0.5) is 0 Å². The first-order valence-corrected chi connectivity index (χ1v) is 10.1. The Hall–Kier alpha value is -1.55. The molecule has 0 saturated heterocycles. The number of hydrogen-bond acceptors (Lipinski definition) is 4. The van der Waals surface area contributed by atoms with Crippen LogP contribution in [0.25, 0.3) is 0 Å². The van der Waals surface area contributed by atoms with Crippen molar-refractivity contribution in [3.63, 3.8) is 0 Å². The van der Waals surface area contributed by atoms with Crippen LogP contribution in [0.1, 0.15) is 90.7 Å². The van der Waals surface area contributed by atoms with E-state index in [1.807, 2.05) is 45.0 Å². The number of esters is 1. The van der Waals surface area contributed by atoms with Crippen molar-refractivity contribution >= 4 is 5.97 Å². The second kappa shape index (κ2) is 13.6. The summed E-state index contributed by atoms with van der Waals surface area (Å²) in [6.07, 6.45) is 8.38. The molecule has 148 valence electrons. The van der Waals surface area contributed by atoms with Gasteiger partial charge in [-0.05, 0) is 44.9 Å². The molecule has 0 aliphatic carbocycles. The third-order valence-corrected chi connectivity index (χ3v) is 4.35. The van der Waals surface area contributed by atoms with Crippen molar-refractivity contribution in [3.05, 3.63) is 29.8 Å². The molecular weight excluding hydrogens is 328 g/mol. The first-order valence-electron chi connectivity index (χ1n) is 10.1. The lowest BCUT2D eigenvalue weighted by Gasteiger charge is -2.16. The van der Waals surface area contributed by atoms with Gasteiger partial charge in [-0.3, -0.25) is 4.79 Å². The van der Waals surface area contributed by atoms with Crippen molar-refractivity contribution in [1.82, 2.24) is 0 Å². The number of rotatable bonds is 14. The van der Waals surface area contributed by atoms with E-state index in [1.54, 1.807) is 0 Å². The van der Waals surface area contributed by atoms with Crippen molar-refractivity contribution in [2.45, 2.75) is 91.5 Å². The standard InChI is InChI=1S/C22H36O4/c1-5-7-8-9-10-11-12-13-22(23)25-18(3)20-14-16-21(17-15-20)26-19(4)24-6-2/h14-19H,5-13H2,1-4H3. The Morgan fingerprint density at radius 1 is 0.923 bits per heavy atom. The second-order valence-corrected chi connectivity index (χ2v) is 6.71. The second-order valence-electron chi connectivity index (χ2n) is 6.71. The van der Waals surface area contributed by atoms with Crippen LogP contribution < -0.4 is 4.74 Å². The zero-order valence-electron chi connectivity index (χ0n) is 17.0. The van der Waals surface area contributed by atoms with Crippen LogP contribution in [-0.2, 0) is 14.3 Å². The fourth-order valence-corrected chi connectivity index (χ4v) is 2.83. The highest BCUT2D eigenvalue weighted by atomic mass is 16.7. The normalized spacial score (nSPS) is 13.2.